The van der Waals surface area contributed by atoms with Crippen molar-refractivity contribution in [2.45, 2.75) is 0 Å². The lowest BCUT2D eigenvalue weighted by molar-refractivity contribution is 1.07. The molecule has 0 saturated carbocycles. The molecule has 8 heteroatoms. The van der Waals surface area contributed by atoms with E-state index in [4.69, 9.17) is 34.9 Å². The van der Waals surface area contributed by atoms with Crippen LogP contribution in [0.4, 0.5) is 0 Å². The molecule has 0 saturated heterocycles. The van der Waals surface area contributed by atoms with Crippen molar-refractivity contribution in [3.63, 3.8) is 0 Å². The van der Waals surface area contributed by atoms with Crippen LogP contribution in [0.2, 0.25) is 0 Å². The molecule has 0 atom stereocenters. The summed E-state index contributed by atoms with van der Waals surface area (Å²) in [7, 11) is 0. The highest BCUT2D eigenvalue weighted by atomic mass is 15.0. The highest BCUT2D eigenvalue weighted by Gasteiger charge is 2.22. The smallest absolute Gasteiger partial charge is 0.164 e. The first-order chi connectivity index (χ1) is 36.2. The third kappa shape index (κ3) is 8.39. The number of hydrogen-bond acceptors (Lipinski definition) is 7. The SMILES string of the molecule is c1ccc(-c2cc(-c3ccccc3)nc(-c3ccc(-n4c5ccccc5c5ccc(-c6nc(-c7ccccc7)nc(-c7ccccc7)n6)cc54)c(-c4nc(-c5ccccc5)cc(-c5ccccc5)n4)c3)n2)cc1. The van der Waals surface area contributed by atoms with E-state index in [-0.39, 0.29) is 0 Å². The van der Waals surface area contributed by atoms with Crippen molar-refractivity contribution in [3.8, 4) is 108 Å². The number of nitrogens with zero attached hydrogens (tertiary/aromatic N) is 8. The quantitative estimate of drug-likeness (QED) is 0.135. The molecule has 0 spiro atoms. The van der Waals surface area contributed by atoms with Crippen LogP contribution in [0.5, 0.6) is 0 Å². The van der Waals surface area contributed by atoms with E-state index in [1.807, 2.05) is 133 Å². The largest absolute Gasteiger partial charge is 0.308 e. The Hall–Kier alpha value is -10.1. The zero-order valence-corrected chi connectivity index (χ0v) is 39.3. The summed E-state index contributed by atoms with van der Waals surface area (Å²) in [6, 6.07) is 86.9. The molecule has 9 aromatic carbocycles. The Balaban J connectivity index is 1.08. The fourth-order valence-corrected chi connectivity index (χ4v) is 9.53. The van der Waals surface area contributed by atoms with Gasteiger partial charge in [0.1, 0.15) is 0 Å². The van der Waals surface area contributed by atoms with Gasteiger partial charge in [-0.3, -0.25) is 0 Å². The number of aromatic nitrogens is 8. The monoisotopic (exact) mass is 934 g/mol. The van der Waals surface area contributed by atoms with Crippen molar-refractivity contribution >= 4 is 21.8 Å². The maximum Gasteiger partial charge on any atom is 0.164 e. The fraction of sp³-hybridized carbons (Fsp3) is 0. The van der Waals surface area contributed by atoms with Crippen molar-refractivity contribution in [2.75, 3.05) is 0 Å². The van der Waals surface area contributed by atoms with Crippen molar-refractivity contribution < 1.29 is 0 Å². The van der Waals surface area contributed by atoms with Crippen LogP contribution in [0.3, 0.4) is 0 Å². The molecule has 13 aromatic rings. The second-order valence-electron chi connectivity index (χ2n) is 17.7. The Morgan fingerprint density at radius 3 is 1.03 bits per heavy atom. The van der Waals surface area contributed by atoms with E-state index in [1.165, 1.54) is 0 Å². The Morgan fingerprint density at radius 1 is 0.219 bits per heavy atom. The van der Waals surface area contributed by atoms with Crippen LogP contribution in [0.1, 0.15) is 0 Å². The zero-order valence-electron chi connectivity index (χ0n) is 39.3. The highest BCUT2D eigenvalue weighted by molar-refractivity contribution is 6.10. The van der Waals surface area contributed by atoms with Crippen molar-refractivity contribution in [1.82, 2.24) is 39.5 Å². The molecule has 0 bridgehead atoms. The predicted molar refractivity (Wildman–Crippen MR) is 294 cm³/mol. The Kier molecular flexibility index (Phi) is 11.0. The van der Waals surface area contributed by atoms with Crippen molar-refractivity contribution in [1.29, 1.82) is 0 Å². The molecule has 0 aliphatic rings. The topological polar surface area (TPSA) is 95.2 Å². The first-order valence-electron chi connectivity index (χ1n) is 24.2. The van der Waals surface area contributed by atoms with Crippen molar-refractivity contribution in [2.24, 2.45) is 0 Å². The molecule has 0 aliphatic heterocycles. The van der Waals surface area contributed by atoms with Crippen LogP contribution in [-0.2, 0) is 0 Å². The third-order valence-electron chi connectivity index (χ3n) is 13.1. The van der Waals surface area contributed by atoms with Gasteiger partial charge in [-0.25, -0.2) is 34.9 Å². The Morgan fingerprint density at radius 2 is 0.562 bits per heavy atom. The van der Waals surface area contributed by atoms with Crippen LogP contribution >= 0.6 is 0 Å². The normalized spacial score (nSPS) is 11.3. The molecule has 0 N–H and O–H groups in total. The number of para-hydroxylation sites is 1. The number of fused-ring (bicyclic) bond motifs is 3. The minimum atomic E-state index is 0.555. The average molecular weight is 935 g/mol. The standard InChI is InChI=1S/C65H42N8/c1-7-21-43(22-8-1)54-41-55(44-23-9-2-10-24-44)67-63(66-54)49-36-38-59(53(39-49)65-68-56(45-25-11-3-12-26-45)42-57(69-65)46-27-13-4-14-28-46)73-58-34-20-19-33-51(58)52-37-35-50(40-60(52)73)64-71-61(47-29-15-5-16-30-47)70-62(72-64)48-31-17-6-18-32-48/h1-42H. The van der Waals surface area contributed by atoms with Gasteiger partial charge in [0.15, 0.2) is 29.1 Å². The van der Waals surface area contributed by atoms with Gasteiger partial charge in [0, 0.05) is 60.8 Å². The van der Waals surface area contributed by atoms with E-state index in [0.717, 1.165) is 100 Å². The lowest BCUT2D eigenvalue weighted by Crippen LogP contribution is -2.03. The lowest BCUT2D eigenvalue weighted by atomic mass is 10.0. The molecule has 4 heterocycles. The maximum absolute atomic E-state index is 5.45. The maximum atomic E-state index is 5.45. The fourth-order valence-electron chi connectivity index (χ4n) is 9.53. The van der Waals surface area contributed by atoms with Gasteiger partial charge in [0.05, 0.1) is 39.5 Å². The van der Waals surface area contributed by atoms with Gasteiger partial charge in [-0.2, -0.15) is 0 Å². The van der Waals surface area contributed by atoms with Gasteiger partial charge in [-0.05, 0) is 42.5 Å². The Bertz CT molecular complexity index is 3940. The van der Waals surface area contributed by atoms with Gasteiger partial charge in [0.25, 0.3) is 0 Å². The summed E-state index contributed by atoms with van der Waals surface area (Å²) in [6.07, 6.45) is 0. The molecule has 4 aromatic heterocycles. The van der Waals surface area contributed by atoms with E-state index in [9.17, 15) is 0 Å². The molecule has 0 unspecified atom stereocenters. The highest BCUT2D eigenvalue weighted by Crippen LogP contribution is 2.40. The van der Waals surface area contributed by atoms with Gasteiger partial charge in [0.2, 0.25) is 0 Å². The first-order valence-corrected chi connectivity index (χ1v) is 24.2. The summed E-state index contributed by atoms with van der Waals surface area (Å²) in [5.74, 6) is 2.90. The van der Waals surface area contributed by atoms with Crippen LogP contribution in [-0.4, -0.2) is 39.5 Å². The minimum Gasteiger partial charge on any atom is -0.308 e. The zero-order chi connectivity index (χ0) is 48.5. The molecule has 0 aliphatic carbocycles. The van der Waals surface area contributed by atoms with Crippen LogP contribution in [0.15, 0.2) is 255 Å². The minimum absolute atomic E-state index is 0.555. The van der Waals surface area contributed by atoms with E-state index >= 15 is 0 Å². The molecule has 8 nitrogen and oxygen atoms in total. The summed E-state index contributed by atoms with van der Waals surface area (Å²) in [4.78, 5) is 36.7. The summed E-state index contributed by atoms with van der Waals surface area (Å²) in [5, 5.41) is 2.17. The van der Waals surface area contributed by atoms with E-state index < -0.39 is 0 Å². The molecule has 0 radical (unpaired) electrons. The van der Waals surface area contributed by atoms with E-state index in [1.54, 1.807) is 0 Å². The van der Waals surface area contributed by atoms with Crippen molar-refractivity contribution in [3.05, 3.63) is 255 Å². The molecule has 13 rings (SSSR count). The lowest BCUT2D eigenvalue weighted by Gasteiger charge is -2.17. The number of benzene rings is 9. The number of hydrogen-bond donors (Lipinski definition) is 0. The summed E-state index contributed by atoms with van der Waals surface area (Å²) < 4.78 is 2.32. The summed E-state index contributed by atoms with van der Waals surface area (Å²) in [6.45, 7) is 0. The van der Waals surface area contributed by atoms with Crippen LogP contribution in [0.25, 0.3) is 129 Å². The number of rotatable bonds is 10. The molecular weight excluding hydrogens is 893 g/mol. The second-order valence-corrected chi connectivity index (χ2v) is 17.7. The van der Waals surface area contributed by atoms with Crippen LogP contribution < -0.4 is 0 Å². The second kappa shape index (κ2) is 18.7. The average Bonchev–Trinajstić information content (AvgIpc) is 3.81. The first kappa shape index (κ1) is 43.0. The van der Waals surface area contributed by atoms with Crippen LogP contribution in [0, 0.1) is 0 Å². The molecule has 0 amide bonds. The van der Waals surface area contributed by atoms with Gasteiger partial charge >= 0.3 is 0 Å². The van der Waals surface area contributed by atoms with Gasteiger partial charge in [-0.15, -0.1) is 0 Å². The molecular formula is C65H42N8. The molecule has 0 fully saturated rings. The summed E-state index contributed by atoms with van der Waals surface area (Å²) in [5.41, 5.74) is 14.4. The van der Waals surface area contributed by atoms with Gasteiger partial charge in [-0.1, -0.05) is 212 Å². The summed E-state index contributed by atoms with van der Waals surface area (Å²) >= 11 is 0. The molecule has 342 valence electrons. The predicted octanol–water partition coefficient (Wildman–Crippen LogP) is 15.6. The van der Waals surface area contributed by atoms with E-state index in [0.29, 0.717) is 29.1 Å². The van der Waals surface area contributed by atoms with Gasteiger partial charge < -0.3 is 4.57 Å². The van der Waals surface area contributed by atoms with E-state index in [2.05, 4.69) is 126 Å². The molecule has 73 heavy (non-hydrogen) atoms. The third-order valence-corrected chi connectivity index (χ3v) is 13.1. The Labute approximate surface area is 421 Å².